The molecule has 0 radical (unpaired) electrons. The summed E-state index contributed by atoms with van der Waals surface area (Å²) in [6.07, 6.45) is 3.22. The van der Waals surface area contributed by atoms with Crippen LogP contribution in [0.2, 0.25) is 4.34 Å². The van der Waals surface area contributed by atoms with Crippen molar-refractivity contribution in [3.05, 3.63) is 27.5 Å². The van der Waals surface area contributed by atoms with Crippen LogP contribution in [-0.2, 0) is 9.59 Å². The van der Waals surface area contributed by atoms with Gasteiger partial charge in [0.15, 0.2) is 5.78 Å². The lowest BCUT2D eigenvalue weighted by molar-refractivity contribution is -0.121. The standard InChI is InChI=1S/C17H19ClN2O3S/c1-3-5-13(22)12(8-7-10(2)21)20-17(23)15-14-11(16(18)24-15)6-4-9-19-14/h4,6,9,12H,3,5,7-8H2,1-2H3,(H,20,23). The third kappa shape index (κ3) is 4.39. The third-order valence-corrected chi connectivity index (χ3v) is 5.02. The van der Waals surface area contributed by atoms with E-state index in [0.29, 0.717) is 34.0 Å². The van der Waals surface area contributed by atoms with Crippen LogP contribution >= 0.6 is 22.9 Å². The molecule has 2 aromatic heterocycles. The summed E-state index contributed by atoms with van der Waals surface area (Å²) in [6.45, 7) is 3.37. The second kappa shape index (κ2) is 8.35. The van der Waals surface area contributed by atoms with Gasteiger partial charge in [-0.25, -0.2) is 0 Å². The number of Topliss-reactive ketones (excluding diaryl/α,β-unsaturated/α-hetero) is 2. The van der Waals surface area contributed by atoms with E-state index >= 15 is 0 Å². The Balaban J connectivity index is 2.22. The van der Waals surface area contributed by atoms with Crippen LogP contribution in [0.3, 0.4) is 0 Å². The van der Waals surface area contributed by atoms with Gasteiger partial charge in [-0.2, -0.15) is 0 Å². The van der Waals surface area contributed by atoms with Crippen LogP contribution in [0.1, 0.15) is 49.2 Å². The lowest BCUT2D eigenvalue weighted by Gasteiger charge is -2.16. The Kier molecular flexibility index (Phi) is 6.45. The van der Waals surface area contributed by atoms with Crippen molar-refractivity contribution in [2.75, 3.05) is 0 Å². The highest BCUT2D eigenvalue weighted by molar-refractivity contribution is 7.20. The van der Waals surface area contributed by atoms with Gasteiger partial charge in [0, 0.05) is 24.4 Å². The number of carbonyl (C=O) groups is 3. The Morgan fingerprint density at radius 1 is 1.33 bits per heavy atom. The predicted octanol–water partition coefficient (Wildman–Crippen LogP) is 3.79. The van der Waals surface area contributed by atoms with Crippen LogP contribution in [0.5, 0.6) is 0 Å². The van der Waals surface area contributed by atoms with E-state index < -0.39 is 6.04 Å². The predicted molar refractivity (Wildman–Crippen MR) is 95.7 cm³/mol. The van der Waals surface area contributed by atoms with Crippen LogP contribution in [-0.4, -0.2) is 28.5 Å². The molecule has 0 aliphatic rings. The first kappa shape index (κ1) is 18.5. The highest BCUT2D eigenvalue weighted by atomic mass is 35.5. The van der Waals surface area contributed by atoms with E-state index in [2.05, 4.69) is 10.3 Å². The van der Waals surface area contributed by atoms with Gasteiger partial charge in [-0.05, 0) is 31.9 Å². The highest BCUT2D eigenvalue weighted by Crippen LogP contribution is 2.33. The molecule has 128 valence electrons. The minimum absolute atomic E-state index is 0.00941. The number of aromatic nitrogens is 1. The fraction of sp³-hybridized carbons (Fsp3) is 0.412. The number of ketones is 2. The molecule has 1 N–H and O–H groups in total. The molecule has 0 saturated heterocycles. The van der Waals surface area contributed by atoms with Gasteiger partial charge in [0.1, 0.15) is 15.0 Å². The molecule has 0 aliphatic heterocycles. The number of amides is 1. The number of fused-ring (bicyclic) bond motifs is 1. The van der Waals surface area contributed by atoms with Crippen LogP contribution in [0.4, 0.5) is 0 Å². The molecule has 2 rings (SSSR count). The molecule has 2 aromatic rings. The molecule has 0 aromatic carbocycles. The fourth-order valence-electron chi connectivity index (χ4n) is 2.40. The van der Waals surface area contributed by atoms with Crippen molar-refractivity contribution in [1.82, 2.24) is 10.3 Å². The first-order chi connectivity index (χ1) is 11.4. The maximum Gasteiger partial charge on any atom is 0.264 e. The van der Waals surface area contributed by atoms with Crippen LogP contribution in [0.15, 0.2) is 18.3 Å². The Bertz CT molecular complexity index is 772. The van der Waals surface area contributed by atoms with E-state index in [1.807, 2.05) is 6.92 Å². The molecule has 24 heavy (non-hydrogen) atoms. The number of thiophene rings is 1. The van der Waals surface area contributed by atoms with Crippen molar-refractivity contribution in [2.24, 2.45) is 0 Å². The van der Waals surface area contributed by atoms with E-state index in [9.17, 15) is 14.4 Å². The average molecular weight is 367 g/mol. The summed E-state index contributed by atoms with van der Waals surface area (Å²) < 4.78 is 0.489. The maximum atomic E-state index is 12.6. The summed E-state index contributed by atoms with van der Waals surface area (Å²) in [5, 5.41) is 3.47. The first-order valence-corrected chi connectivity index (χ1v) is 8.99. The fourth-order valence-corrected chi connectivity index (χ4v) is 3.65. The van der Waals surface area contributed by atoms with E-state index in [4.69, 9.17) is 11.6 Å². The monoisotopic (exact) mass is 366 g/mol. The minimum Gasteiger partial charge on any atom is -0.341 e. The largest absolute Gasteiger partial charge is 0.341 e. The van der Waals surface area contributed by atoms with Crippen molar-refractivity contribution < 1.29 is 14.4 Å². The molecule has 0 saturated carbocycles. The van der Waals surface area contributed by atoms with Crippen molar-refractivity contribution in [3.63, 3.8) is 0 Å². The maximum absolute atomic E-state index is 12.6. The molecule has 0 aliphatic carbocycles. The number of nitrogens with zero attached hydrogens (tertiary/aromatic N) is 1. The van der Waals surface area contributed by atoms with Crippen molar-refractivity contribution in [3.8, 4) is 0 Å². The number of carbonyl (C=O) groups excluding carboxylic acids is 3. The number of hydrogen-bond acceptors (Lipinski definition) is 5. The third-order valence-electron chi connectivity index (χ3n) is 3.61. The Hall–Kier alpha value is -1.79. The molecule has 1 amide bonds. The van der Waals surface area contributed by atoms with Gasteiger partial charge in [-0.15, -0.1) is 11.3 Å². The van der Waals surface area contributed by atoms with Gasteiger partial charge in [0.05, 0.1) is 11.6 Å². The Morgan fingerprint density at radius 2 is 2.08 bits per heavy atom. The molecule has 5 nitrogen and oxygen atoms in total. The van der Waals surface area contributed by atoms with Crippen molar-refractivity contribution in [1.29, 1.82) is 0 Å². The lowest BCUT2D eigenvalue weighted by Crippen LogP contribution is -2.40. The summed E-state index contributed by atoms with van der Waals surface area (Å²) in [5.74, 6) is -0.453. The number of halogens is 1. The quantitative estimate of drug-likeness (QED) is 0.771. The summed E-state index contributed by atoms with van der Waals surface area (Å²) in [7, 11) is 0. The SMILES string of the molecule is CCCC(=O)C(CCC(C)=O)NC(=O)c1sc(Cl)c2cccnc12. The molecule has 7 heteroatoms. The zero-order valence-corrected chi connectivity index (χ0v) is 15.2. The molecule has 1 atom stereocenters. The number of pyridine rings is 1. The summed E-state index contributed by atoms with van der Waals surface area (Å²) in [5.41, 5.74) is 0.526. The molecule has 0 spiro atoms. The zero-order valence-electron chi connectivity index (χ0n) is 13.6. The Morgan fingerprint density at radius 3 is 2.75 bits per heavy atom. The lowest BCUT2D eigenvalue weighted by atomic mass is 10.0. The summed E-state index contributed by atoms with van der Waals surface area (Å²) >= 11 is 7.30. The summed E-state index contributed by atoms with van der Waals surface area (Å²) in [4.78, 5) is 40.6. The van der Waals surface area contributed by atoms with E-state index in [0.717, 1.165) is 16.7 Å². The van der Waals surface area contributed by atoms with Crippen molar-refractivity contribution >= 4 is 51.3 Å². The number of rotatable bonds is 8. The molecule has 1 unspecified atom stereocenters. The van der Waals surface area contributed by atoms with Gasteiger partial charge >= 0.3 is 0 Å². The van der Waals surface area contributed by atoms with Crippen molar-refractivity contribution in [2.45, 2.75) is 45.6 Å². The van der Waals surface area contributed by atoms with E-state index in [1.165, 1.54) is 6.92 Å². The second-order valence-electron chi connectivity index (χ2n) is 5.59. The molecule has 0 fully saturated rings. The molecular weight excluding hydrogens is 348 g/mol. The highest BCUT2D eigenvalue weighted by Gasteiger charge is 2.24. The van der Waals surface area contributed by atoms with Crippen LogP contribution in [0, 0.1) is 0 Å². The van der Waals surface area contributed by atoms with Gasteiger partial charge in [0.2, 0.25) is 0 Å². The molecule has 0 bridgehead atoms. The Labute approximate surface area is 149 Å². The van der Waals surface area contributed by atoms with Gasteiger partial charge in [-0.1, -0.05) is 18.5 Å². The second-order valence-corrected chi connectivity index (χ2v) is 7.21. The van der Waals surface area contributed by atoms with Gasteiger partial charge in [0.25, 0.3) is 5.91 Å². The average Bonchev–Trinajstić information content (AvgIpc) is 2.89. The van der Waals surface area contributed by atoms with E-state index in [-0.39, 0.29) is 23.9 Å². The van der Waals surface area contributed by atoms with E-state index in [1.54, 1.807) is 18.3 Å². The number of hydrogen-bond donors (Lipinski definition) is 1. The smallest absolute Gasteiger partial charge is 0.264 e. The zero-order chi connectivity index (χ0) is 17.7. The molecular formula is C17H19ClN2O3S. The minimum atomic E-state index is -0.666. The molecule has 2 heterocycles. The number of nitrogens with one attached hydrogen (secondary N) is 1. The summed E-state index contributed by atoms with van der Waals surface area (Å²) in [6, 6.07) is 2.89. The topological polar surface area (TPSA) is 76.1 Å². The normalized spacial score (nSPS) is 12.1. The van der Waals surface area contributed by atoms with Gasteiger partial charge < -0.3 is 10.1 Å². The van der Waals surface area contributed by atoms with Gasteiger partial charge in [-0.3, -0.25) is 14.6 Å². The van der Waals surface area contributed by atoms with Crippen LogP contribution in [0.25, 0.3) is 10.9 Å². The van der Waals surface area contributed by atoms with Crippen LogP contribution < -0.4 is 5.32 Å². The first-order valence-electron chi connectivity index (χ1n) is 7.80.